The van der Waals surface area contributed by atoms with Crippen LogP contribution in [0.4, 0.5) is 0 Å². The van der Waals surface area contributed by atoms with Crippen molar-refractivity contribution in [3.63, 3.8) is 0 Å². The van der Waals surface area contributed by atoms with Crippen LogP contribution in [0.5, 0.6) is 0 Å². The van der Waals surface area contributed by atoms with Gasteiger partial charge in [-0.2, -0.15) is 5.26 Å². The smallest absolute Gasteiger partial charge is 0.110 e. The van der Waals surface area contributed by atoms with E-state index in [0.29, 0.717) is 6.42 Å². The van der Waals surface area contributed by atoms with Crippen LogP contribution in [0.3, 0.4) is 0 Å². The largest absolute Gasteiger partial charge is 0.511 e. The molecular formula is C24H24N4O. The van der Waals surface area contributed by atoms with Crippen molar-refractivity contribution in [1.29, 1.82) is 5.26 Å². The first kappa shape index (κ1) is 20.2. The van der Waals surface area contributed by atoms with Crippen LogP contribution in [0.2, 0.25) is 0 Å². The highest BCUT2D eigenvalue weighted by atomic mass is 16.3. The lowest BCUT2D eigenvalue weighted by Crippen LogP contribution is -2.28. The van der Waals surface area contributed by atoms with E-state index in [1.807, 2.05) is 30.6 Å². The van der Waals surface area contributed by atoms with Gasteiger partial charge < -0.3 is 5.11 Å². The van der Waals surface area contributed by atoms with E-state index in [2.05, 4.69) is 40.3 Å². The number of aliphatic hydroxyl groups is 1. The molecule has 0 aromatic carbocycles. The number of nitriles is 1. The molecule has 1 N–H and O–H groups in total. The number of rotatable bonds is 7. The predicted molar refractivity (Wildman–Crippen MR) is 117 cm³/mol. The summed E-state index contributed by atoms with van der Waals surface area (Å²) >= 11 is 0. The maximum absolute atomic E-state index is 10.1. The lowest BCUT2D eigenvalue weighted by Gasteiger charge is -2.33. The van der Waals surface area contributed by atoms with Gasteiger partial charge in [-0.05, 0) is 42.2 Å². The standard InChI is InChI=1S/C24H24N4O/c1-3-21(28-4-2)24(17-9-10-22(29)20(13-17)14-25)23(18-7-5-11-26-15-18)19-8-6-12-27-16-19/h3-5,7-11,15-16,20,23-24,29H,1-2,6,12-13H2/b28-21+. The molecule has 1 aliphatic heterocycles. The van der Waals surface area contributed by atoms with Gasteiger partial charge in [0.05, 0.1) is 6.07 Å². The van der Waals surface area contributed by atoms with E-state index in [1.165, 1.54) is 6.20 Å². The van der Waals surface area contributed by atoms with Gasteiger partial charge in [-0.15, -0.1) is 0 Å². The van der Waals surface area contributed by atoms with Gasteiger partial charge in [0.25, 0.3) is 0 Å². The fourth-order valence-electron chi connectivity index (χ4n) is 3.87. The Morgan fingerprint density at radius 3 is 2.86 bits per heavy atom. The van der Waals surface area contributed by atoms with E-state index in [-0.39, 0.29) is 17.6 Å². The fourth-order valence-corrected chi connectivity index (χ4v) is 3.87. The van der Waals surface area contributed by atoms with Crippen molar-refractivity contribution in [2.45, 2.75) is 18.8 Å². The molecule has 0 fully saturated rings. The van der Waals surface area contributed by atoms with Crippen molar-refractivity contribution >= 4 is 11.9 Å². The van der Waals surface area contributed by atoms with E-state index in [9.17, 15) is 10.4 Å². The van der Waals surface area contributed by atoms with Crippen molar-refractivity contribution in [1.82, 2.24) is 4.98 Å². The van der Waals surface area contributed by atoms with E-state index in [1.54, 1.807) is 18.3 Å². The number of aromatic nitrogens is 1. The molecule has 0 spiro atoms. The third-order valence-corrected chi connectivity index (χ3v) is 5.20. The van der Waals surface area contributed by atoms with E-state index in [4.69, 9.17) is 0 Å². The van der Waals surface area contributed by atoms with Crippen LogP contribution in [-0.4, -0.2) is 28.6 Å². The average Bonchev–Trinajstić information content (AvgIpc) is 2.78. The topological polar surface area (TPSA) is 81.6 Å². The van der Waals surface area contributed by atoms with Crippen LogP contribution >= 0.6 is 0 Å². The molecule has 1 aromatic rings. The molecule has 0 saturated carbocycles. The minimum absolute atomic E-state index is 0.0900. The molecule has 0 saturated heterocycles. The van der Waals surface area contributed by atoms with Gasteiger partial charge in [-0.3, -0.25) is 15.0 Å². The Kier molecular flexibility index (Phi) is 6.70. The lowest BCUT2D eigenvalue weighted by atomic mass is 9.71. The Bertz CT molecular complexity index is 960. The Morgan fingerprint density at radius 1 is 1.38 bits per heavy atom. The molecule has 29 heavy (non-hydrogen) atoms. The number of hydrogen-bond donors (Lipinski definition) is 1. The molecule has 5 heteroatoms. The molecule has 1 aliphatic carbocycles. The van der Waals surface area contributed by atoms with Gasteiger partial charge in [0.15, 0.2) is 0 Å². The summed E-state index contributed by atoms with van der Waals surface area (Å²) in [4.78, 5) is 13.3. The summed E-state index contributed by atoms with van der Waals surface area (Å²) in [5.74, 6) is -0.766. The van der Waals surface area contributed by atoms with Crippen LogP contribution in [0.15, 0.2) is 95.1 Å². The zero-order valence-corrected chi connectivity index (χ0v) is 16.3. The molecule has 3 rings (SSSR count). The summed E-state index contributed by atoms with van der Waals surface area (Å²) < 4.78 is 0. The second kappa shape index (κ2) is 9.61. The van der Waals surface area contributed by atoms with Gasteiger partial charge in [-0.25, -0.2) is 0 Å². The van der Waals surface area contributed by atoms with Crippen LogP contribution in [0.1, 0.15) is 24.3 Å². The van der Waals surface area contributed by atoms with Gasteiger partial charge in [0, 0.05) is 48.9 Å². The number of pyridine rings is 1. The first-order valence-corrected chi connectivity index (χ1v) is 9.59. The molecule has 0 radical (unpaired) electrons. The quantitative estimate of drug-likeness (QED) is 0.681. The molecule has 1 aromatic heterocycles. The average molecular weight is 384 g/mol. The summed E-state index contributed by atoms with van der Waals surface area (Å²) in [7, 11) is 0. The summed E-state index contributed by atoms with van der Waals surface area (Å²) in [6.07, 6.45) is 15.8. The molecule has 5 nitrogen and oxygen atoms in total. The fraction of sp³-hybridized carbons (Fsp3) is 0.250. The molecule has 146 valence electrons. The predicted octanol–water partition coefficient (Wildman–Crippen LogP) is 4.86. The molecule has 2 aliphatic rings. The van der Waals surface area contributed by atoms with Crippen LogP contribution < -0.4 is 0 Å². The SMILES string of the molecule is C=C/N=C(\C=C)C(C1=CC=C(O)C(C#N)C1)C(C1=CCCN=C1)c1cccnc1. The lowest BCUT2D eigenvalue weighted by molar-refractivity contribution is 0.351. The highest BCUT2D eigenvalue weighted by molar-refractivity contribution is 6.01. The van der Waals surface area contributed by atoms with Crippen LogP contribution in [-0.2, 0) is 0 Å². The molecule has 0 bridgehead atoms. The summed E-state index contributed by atoms with van der Waals surface area (Å²) in [5, 5.41) is 19.5. The first-order chi connectivity index (χ1) is 14.2. The van der Waals surface area contributed by atoms with E-state index < -0.39 is 5.92 Å². The second-order valence-electron chi connectivity index (χ2n) is 6.93. The number of dihydropyridines is 1. The Labute approximate surface area is 171 Å². The van der Waals surface area contributed by atoms with Gasteiger partial charge in [-0.1, -0.05) is 36.9 Å². The minimum atomic E-state index is -0.573. The zero-order valence-electron chi connectivity index (χ0n) is 16.3. The number of aliphatic imine (C=N–C) groups is 2. The Balaban J connectivity index is 2.19. The second-order valence-corrected chi connectivity index (χ2v) is 6.93. The normalized spacial score (nSPS) is 21.1. The summed E-state index contributed by atoms with van der Waals surface area (Å²) in [6, 6.07) is 6.14. The molecular weight excluding hydrogens is 360 g/mol. The monoisotopic (exact) mass is 384 g/mol. The van der Waals surface area contributed by atoms with Crippen molar-refractivity contribution in [2.24, 2.45) is 21.8 Å². The number of aliphatic hydroxyl groups excluding tert-OH is 1. The van der Waals surface area contributed by atoms with Crippen molar-refractivity contribution in [3.8, 4) is 6.07 Å². The van der Waals surface area contributed by atoms with Crippen molar-refractivity contribution in [2.75, 3.05) is 6.54 Å². The summed E-state index contributed by atoms with van der Waals surface area (Å²) in [5.41, 5.74) is 3.87. The van der Waals surface area contributed by atoms with Crippen molar-refractivity contribution in [3.05, 3.63) is 90.7 Å². The molecule has 2 heterocycles. The molecule has 0 amide bonds. The molecule has 3 unspecified atom stereocenters. The first-order valence-electron chi connectivity index (χ1n) is 9.59. The minimum Gasteiger partial charge on any atom is -0.511 e. The third kappa shape index (κ3) is 4.49. The Morgan fingerprint density at radius 2 is 2.24 bits per heavy atom. The van der Waals surface area contributed by atoms with E-state index >= 15 is 0 Å². The van der Waals surface area contributed by atoms with Crippen LogP contribution in [0, 0.1) is 23.2 Å². The number of allylic oxidation sites excluding steroid dienone is 6. The maximum atomic E-state index is 10.1. The van der Waals surface area contributed by atoms with Crippen LogP contribution in [0.25, 0.3) is 0 Å². The Hall–Kier alpha value is -3.52. The highest BCUT2D eigenvalue weighted by Gasteiger charge is 2.35. The zero-order chi connectivity index (χ0) is 20.6. The van der Waals surface area contributed by atoms with Gasteiger partial charge in [0.1, 0.15) is 11.7 Å². The number of hydrogen-bond acceptors (Lipinski definition) is 5. The third-order valence-electron chi connectivity index (χ3n) is 5.20. The van der Waals surface area contributed by atoms with Gasteiger partial charge in [0.2, 0.25) is 0 Å². The highest BCUT2D eigenvalue weighted by Crippen LogP contribution is 2.41. The van der Waals surface area contributed by atoms with Crippen molar-refractivity contribution < 1.29 is 5.11 Å². The maximum Gasteiger partial charge on any atom is 0.110 e. The number of nitrogens with zero attached hydrogens (tertiary/aromatic N) is 4. The van der Waals surface area contributed by atoms with Gasteiger partial charge >= 0.3 is 0 Å². The summed E-state index contributed by atoms with van der Waals surface area (Å²) in [6.45, 7) is 8.49. The van der Waals surface area contributed by atoms with E-state index in [0.717, 1.165) is 35.4 Å². The molecule has 3 atom stereocenters.